The zero-order valence-electron chi connectivity index (χ0n) is 8.32. The SMILES string of the molecule is CC(C)C(O)CC1(C=O)CCCS1. The third-order valence-electron chi connectivity index (χ3n) is 2.67. The summed E-state index contributed by atoms with van der Waals surface area (Å²) >= 11 is 1.71. The molecule has 13 heavy (non-hydrogen) atoms. The van der Waals surface area contributed by atoms with E-state index in [4.69, 9.17) is 0 Å². The number of rotatable bonds is 4. The molecule has 1 heterocycles. The van der Waals surface area contributed by atoms with Gasteiger partial charge in [0.05, 0.1) is 10.9 Å². The molecule has 0 saturated carbocycles. The molecule has 0 aromatic heterocycles. The van der Waals surface area contributed by atoms with Crippen molar-refractivity contribution in [3.8, 4) is 0 Å². The predicted octanol–water partition coefficient (Wildman–Crippen LogP) is 1.86. The molecule has 0 bridgehead atoms. The molecular formula is C10H18O2S. The van der Waals surface area contributed by atoms with Gasteiger partial charge < -0.3 is 9.90 Å². The monoisotopic (exact) mass is 202 g/mol. The Morgan fingerprint density at radius 3 is 2.69 bits per heavy atom. The molecule has 1 fully saturated rings. The van der Waals surface area contributed by atoms with Crippen LogP contribution in [0, 0.1) is 5.92 Å². The fourth-order valence-corrected chi connectivity index (χ4v) is 2.95. The zero-order chi connectivity index (χ0) is 9.90. The third kappa shape index (κ3) is 2.71. The topological polar surface area (TPSA) is 37.3 Å². The molecule has 1 aliphatic heterocycles. The number of carbonyl (C=O) groups excluding carboxylic acids is 1. The number of hydrogen-bond donors (Lipinski definition) is 1. The van der Waals surface area contributed by atoms with E-state index in [2.05, 4.69) is 0 Å². The van der Waals surface area contributed by atoms with Crippen molar-refractivity contribution in [3.05, 3.63) is 0 Å². The second-order valence-electron chi connectivity index (χ2n) is 4.15. The first-order valence-corrected chi connectivity index (χ1v) is 5.86. The van der Waals surface area contributed by atoms with Gasteiger partial charge in [-0.3, -0.25) is 0 Å². The van der Waals surface area contributed by atoms with Gasteiger partial charge in [-0.15, -0.1) is 11.8 Å². The van der Waals surface area contributed by atoms with E-state index in [1.165, 1.54) is 0 Å². The van der Waals surface area contributed by atoms with Crippen LogP contribution in [0.5, 0.6) is 0 Å². The van der Waals surface area contributed by atoms with Crippen LogP contribution in [0.3, 0.4) is 0 Å². The van der Waals surface area contributed by atoms with Gasteiger partial charge in [-0.25, -0.2) is 0 Å². The van der Waals surface area contributed by atoms with Crippen molar-refractivity contribution in [3.63, 3.8) is 0 Å². The van der Waals surface area contributed by atoms with E-state index in [9.17, 15) is 9.90 Å². The van der Waals surface area contributed by atoms with E-state index in [0.29, 0.717) is 6.42 Å². The van der Waals surface area contributed by atoms with Crippen LogP contribution in [0.2, 0.25) is 0 Å². The van der Waals surface area contributed by atoms with Gasteiger partial charge in [0.15, 0.2) is 0 Å². The molecular weight excluding hydrogens is 184 g/mol. The van der Waals surface area contributed by atoms with Crippen molar-refractivity contribution in [1.29, 1.82) is 0 Å². The highest BCUT2D eigenvalue weighted by Gasteiger charge is 2.36. The van der Waals surface area contributed by atoms with Crippen LogP contribution in [0.4, 0.5) is 0 Å². The lowest BCUT2D eigenvalue weighted by Crippen LogP contribution is -2.31. The molecule has 0 radical (unpaired) electrons. The first-order valence-electron chi connectivity index (χ1n) is 4.88. The van der Waals surface area contributed by atoms with E-state index < -0.39 is 0 Å². The average molecular weight is 202 g/mol. The molecule has 76 valence electrons. The summed E-state index contributed by atoms with van der Waals surface area (Å²) in [6.07, 6.45) is 3.37. The van der Waals surface area contributed by atoms with Crippen molar-refractivity contribution >= 4 is 18.0 Å². The van der Waals surface area contributed by atoms with E-state index in [1.807, 2.05) is 13.8 Å². The minimum absolute atomic E-state index is 0.248. The molecule has 2 atom stereocenters. The highest BCUT2D eigenvalue weighted by atomic mass is 32.2. The molecule has 1 N–H and O–H groups in total. The molecule has 2 unspecified atom stereocenters. The van der Waals surface area contributed by atoms with Crippen LogP contribution in [0.1, 0.15) is 33.1 Å². The summed E-state index contributed by atoms with van der Waals surface area (Å²) in [4.78, 5) is 11.0. The zero-order valence-corrected chi connectivity index (χ0v) is 9.14. The van der Waals surface area contributed by atoms with Crippen molar-refractivity contribution in [2.75, 3.05) is 5.75 Å². The second-order valence-corrected chi connectivity index (χ2v) is 5.66. The van der Waals surface area contributed by atoms with E-state index in [0.717, 1.165) is 24.9 Å². The van der Waals surface area contributed by atoms with Crippen LogP contribution < -0.4 is 0 Å². The van der Waals surface area contributed by atoms with Crippen LogP contribution >= 0.6 is 11.8 Å². The molecule has 1 saturated heterocycles. The van der Waals surface area contributed by atoms with Crippen molar-refractivity contribution < 1.29 is 9.90 Å². The Hall–Kier alpha value is -0.0200. The number of aliphatic hydroxyl groups is 1. The van der Waals surface area contributed by atoms with Gasteiger partial charge >= 0.3 is 0 Å². The fraction of sp³-hybridized carbons (Fsp3) is 0.900. The highest BCUT2D eigenvalue weighted by molar-refractivity contribution is 8.01. The van der Waals surface area contributed by atoms with Gasteiger partial charge in [0.1, 0.15) is 6.29 Å². The third-order valence-corrected chi connectivity index (χ3v) is 4.21. The van der Waals surface area contributed by atoms with Crippen LogP contribution in [0.25, 0.3) is 0 Å². The molecule has 3 heteroatoms. The van der Waals surface area contributed by atoms with Crippen molar-refractivity contribution in [2.45, 2.75) is 44.0 Å². The Labute approximate surface area is 84.1 Å². The summed E-state index contributed by atoms with van der Waals surface area (Å²) in [6, 6.07) is 0. The number of hydrogen-bond acceptors (Lipinski definition) is 3. The number of aldehydes is 1. The lowest BCUT2D eigenvalue weighted by atomic mass is 9.92. The Kier molecular flexibility index (Phi) is 3.80. The van der Waals surface area contributed by atoms with Gasteiger partial charge in [-0.05, 0) is 30.9 Å². The minimum atomic E-state index is -0.337. The largest absolute Gasteiger partial charge is 0.393 e. The maximum absolute atomic E-state index is 11.0. The Morgan fingerprint density at radius 2 is 2.31 bits per heavy atom. The molecule has 0 aromatic carbocycles. The lowest BCUT2D eigenvalue weighted by Gasteiger charge is -2.26. The molecule has 1 rings (SSSR count). The maximum Gasteiger partial charge on any atom is 0.136 e. The normalized spacial score (nSPS) is 30.8. The smallest absolute Gasteiger partial charge is 0.136 e. The molecule has 2 nitrogen and oxygen atoms in total. The number of thioether (sulfide) groups is 1. The first-order chi connectivity index (χ1) is 6.09. The number of aliphatic hydroxyl groups excluding tert-OH is 1. The fourth-order valence-electron chi connectivity index (χ4n) is 1.61. The van der Waals surface area contributed by atoms with Gasteiger partial charge in [0, 0.05) is 0 Å². The van der Waals surface area contributed by atoms with Crippen LogP contribution in [0.15, 0.2) is 0 Å². The van der Waals surface area contributed by atoms with Crippen molar-refractivity contribution in [1.82, 2.24) is 0 Å². The summed E-state index contributed by atoms with van der Waals surface area (Å²) in [5.74, 6) is 1.31. The molecule has 0 amide bonds. The van der Waals surface area contributed by atoms with Crippen LogP contribution in [-0.2, 0) is 4.79 Å². The van der Waals surface area contributed by atoms with Gasteiger partial charge in [-0.1, -0.05) is 13.8 Å². The summed E-state index contributed by atoms with van der Waals surface area (Å²) in [6.45, 7) is 3.98. The molecule has 0 aromatic rings. The molecule has 1 aliphatic rings. The lowest BCUT2D eigenvalue weighted by molar-refractivity contribution is -0.110. The van der Waals surface area contributed by atoms with E-state index >= 15 is 0 Å². The molecule has 0 aliphatic carbocycles. The number of carbonyl (C=O) groups is 1. The first kappa shape index (κ1) is 11.1. The minimum Gasteiger partial charge on any atom is -0.393 e. The van der Waals surface area contributed by atoms with Gasteiger partial charge in [0.25, 0.3) is 0 Å². The Balaban J connectivity index is 2.53. The summed E-state index contributed by atoms with van der Waals surface area (Å²) in [5.41, 5.74) is 0. The second kappa shape index (κ2) is 4.47. The molecule has 0 spiro atoms. The van der Waals surface area contributed by atoms with Crippen molar-refractivity contribution in [2.24, 2.45) is 5.92 Å². The Morgan fingerprint density at radius 1 is 1.62 bits per heavy atom. The van der Waals surface area contributed by atoms with Crippen LogP contribution in [-0.4, -0.2) is 28.0 Å². The summed E-state index contributed by atoms with van der Waals surface area (Å²) in [5, 5.41) is 9.71. The summed E-state index contributed by atoms with van der Waals surface area (Å²) in [7, 11) is 0. The quantitative estimate of drug-likeness (QED) is 0.707. The predicted molar refractivity (Wildman–Crippen MR) is 55.9 cm³/mol. The average Bonchev–Trinajstić information content (AvgIpc) is 2.54. The standard InChI is InChI=1S/C10H18O2S/c1-8(2)9(12)6-10(7-11)4-3-5-13-10/h7-9,12H,3-6H2,1-2H3. The highest BCUT2D eigenvalue weighted by Crippen LogP contribution is 2.40. The maximum atomic E-state index is 11.0. The summed E-state index contributed by atoms with van der Waals surface area (Å²) < 4.78 is -0.274. The van der Waals surface area contributed by atoms with Gasteiger partial charge in [0.2, 0.25) is 0 Å². The Bertz CT molecular complexity index is 174. The van der Waals surface area contributed by atoms with Gasteiger partial charge in [-0.2, -0.15) is 0 Å². The van der Waals surface area contributed by atoms with E-state index in [-0.39, 0.29) is 16.8 Å². The van der Waals surface area contributed by atoms with E-state index in [1.54, 1.807) is 11.8 Å².